The van der Waals surface area contributed by atoms with E-state index in [2.05, 4.69) is 5.10 Å². The second-order valence-electron chi connectivity index (χ2n) is 4.88. The molecular weight excluding hydrogens is 214 g/mol. The molecule has 1 aromatic rings. The zero-order valence-electron chi connectivity index (χ0n) is 10.7. The quantitative estimate of drug-likeness (QED) is 0.593. The van der Waals surface area contributed by atoms with Crippen molar-refractivity contribution in [2.24, 2.45) is 5.41 Å². The lowest BCUT2D eigenvalue weighted by atomic mass is 9.86. The van der Waals surface area contributed by atoms with Crippen molar-refractivity contribution in [2.75, 3.05) is 0 Å². The Bertz CT molecular complexity index is 483. The maximum absolute atomic E-state index is 12.0. The number of ketones is 1. The number of allylic oxidation sites excluding steroid dienone is 1. The molecule has 90 valence electrons. The molecular formula is C13H17N3O. The Balaban J connectivity index is 3.03. The molecule has 0 atom stereocenters. The number of carbonyl (C=O) groups is 1. The third kappa shape index (κ3) is 3.28. The predicted molar refractivity (Wildman–Crippen MR) is 66.0 cm³/mol. The van der Waals surface area contributed by atoms with E-state index in [1.54, 1.807) is 37.7 Å². The maximum Gasteiger partial charge on any atom is 0.178 e. The first-order valence-corrected chi connectivity index (χ1v) is 5.57. The van der Waals surface area contributed by atoms with Crippen LogP contribution in [0.4, 0.5) is 0 Å². The van der Waals surface area contributed by atoms with Crippen molar-refractivity contribution in [1.82, 2.24) is 9.78 Å². The van der Waals surface area contributed by atoms with Crippen molar-refractivity contribution in [3.63, 3.8) is 0 Å². The van der Waals surface area contributed by atoms with E-state index < -0.39 is 5.41 Å². The highest BCUT2D eigenvalue weighted by Gasteiger charge is 2.24. The van der Waals surface area contributed by atoms with Crippen LogP contribution in [-0.4, -0.2) is 15.6 Å². The van der Waals surface area contributed by atoms with E-state index in [1.165, 1.54) is 0 Å². The average Bonchev–Trinajstić information content (AvgIpc) is 2.71. The molecule has 0 amide bonds. The van der Waals surface area contributed by atoms with E-state index in [1.807, 2.05) is 19.2 Å². The highest BCUT2D eigenvalue weighted by Crippen LogP contribution is 2.21. The molecule has 0 bridgehead atoms. The Morgan fingerprint density at radius 1 is 1.59 bits per heavy atom. The number of aryl methyl sites for hydroxylation is 1. The number of aromatic nitrogens is 2. The van der Waals surface area contributed by atoms with Crippen LogP contribution in [0.5, 0.6) is 0 Å². The standard InChI is InChI=1S/C13H17N3O/c1-5-16-9-10(8-15-16)6-11(7-14)12(17)13(2,3)4/h6,8-9H,5H2,1-4H3. The van der Waals surface area contributed by atoms with Crippen molar-refractivity contribution in [3.05, 3.63) is 23.5 Å². The van der Waals surface area contributed by atoms with Gasteiger partial charge in [-0.1, -0.05) is 20.8 Å². The highest BCUT2D eigenvalue weighted by molar-refractivity contribution is 6.06. The van der Waals surface area contributed by atoms with E-state index in [4.69, 9.17) is 5.26 Å². The molecule has 4 heteroatoms. The van der Waals surface area contributed by atoms with Gasteiger partial charge in [-0.15, -0.1) is 0 Å². The molecule has 1 heterocycles. The molecule has 17 heavy (non-hydrogen) atoms. The fraction of sp³-hybridized carbons (Fsp3) is 0.462. The monoisotopic (exact) mass is 231 g/mol. The second-order valence-corrected chi connectivity index (χ2v) is 4.88. The first-order chi connectivity index (χ1) is 7.88. The fourth-order valence-electron chi connectivity index (χ4n) is 1.35. The summed E-state index contributed by atoms with van der Waals surface area (Å²) in [6.07, 6.45) is 5.05. The van der Waals surface area contributed by atoms with Gasteiger partial charge < -0.3 is 0 Å². The summed E-state index contributed by atoms with van der Waals surface area (Å²) < 4.78 is 1.75. The van der Waals surface area contributed by atoms with Crippen LogP contribution in [0.1, 0.15) is 33.3 Å². The smallest absolute Gasteiger partial charge is 0.178 e. The van der Waals surface area contributed by atoms with Crippen molar-refractivity contribution in [3.8, 4) is 6.07 Å². The molecule has 0 aromatic carbocycles. The minimum absolute atomic E-state index is 0.149. The third-order valence-electron chi connectivity index (χ3n) is 2.33. The second kappa shape index (κ2) is 4.96. The molecule has 0 fully saturated rings. The molecule has 0 aliphatic rings. The number of nitrogens with zero attached hydrogens (tertiary/aromatic N) is 3. The Labute approximate surface area is 102 Å². The van der Waals surface area contributed by atoms with Gasteiger partial charge in [-0.3, -0.25) is 9.48 Å². The molecule has 0 saturated carbocycles. The molecule has 0 N–H and O–H groups in total. The SMILES string of the molecule is CCn1cc(C=C(C#N)C(=O)C(C)(C)C)cn1. The lowest BCUT2D eigenvalue weighted by molar-refractivity contribution is -0.121. The van der Waals surface area contributed by atoms with Gasteiger partial charge >= 0.3 is 0 Å². The topological polar surface area (TPSA) is 58.7 Å². The number of nitriles is 1. The zero-order valence-corrected chi connectivity index (χ0v) is 10.7. The summed E-state index contributed by atoms with van der Waals surface area (Å²) in [6, 6.07) is 1.96. The van der Waals surface area contributed by atoms with Gasteiger partial charge in [-0.05, 0) is 13.0 Å². The summed E-state index contributed by atoms with van der Waals surface area (Å²) in [5, 5.41) is 13.1. The number of hydrogen-bond donors (Lipinski definition) is 0. The molecule has 0 spiro atoms. The van der Waals surface area contributed by atoms with Gasteiger partial charge in [-0.2, -0.15) is 10.4 Å². The van der Waals surface area contributed by atoms with E-state index in [0.717, 1.165) is 12.1 Å². The molecule has 0 radical (unpaired) electrons. The summed E-state index contributed by atoms with van der Waals surface area (Å²) in [7, 11) is 0. The molecule has 0 saturated heterocycles. The van der Waals surface area contributed by atoms with Crippen LogP contribution in [0, 0.1) is 16.7 Å². The van der Waals surface area contributed by atoms with Crippen LogP contribution in [0.3, 0.4) is 0 Å². The highest BCUT2D eigenvalue weighted by atomic mass is 16.1. The Morgan fingerprint density at radius 2 is 2.24 bits per heavy atom. The van der Waals surface area contributed by atoms with Crippen LogP contribution in [0.15, 0.2) is 18.0 Å². The van der Waals surface area contributed by atoms with E-state index in [0.29, 0.717) is 0 Å². The fourth-order valence-corrected chi connectivity index (χ4v) is 1.35. The Morgan fingerprint density at radius 3 is 2.65 bits per heavy atom. The van der Waals surface area contributed by atoms with E-state index in [9.17, 15) is 4.79 Å². The van der Waals surface area contributed by atoms with Crippen LogP contribution >= 0.6 is 0 Å². The van der Waals surface area contributed by atoms with E-state index >= 15 is 0 Å². The summed E-state index contributed by atoms with van der Waals surface area (Å²) in [4.78, 5) is 12.0. The van der Waals surface area contributed by atoms with Crippen LogP contribution in [0.2, 0.25) is 0 Å². The number of rotatable bonds is 3. The summed E-state index contributed by atoms with van der Waals surface area (Å²) in [5.41, 5.74) is 0.414. The van der Waals surface area contributed by atoms with Crippen LogP contribution in [0.25, 0.3) is 6.08 Å². The minimum atomic E-state index is -0.539. The minimum Gasteiger partial charge on any atom is -0.293 e. The van der Waals surface area contributed by atoms with E-state index in [-0.39, 0.29) is 11.4 Å². The number of carbonyl (C=O) groups excluding carboxylic acids is 1. The zero-order chi connectivity index (χ0) is 13.1. The summed E-state index contributed by atoms with van der Waals surface area (Å²) in [6.45, 7) is 8.15. The molecule has 0 aliphatic carbocycles. The Hall–Kier alpha value is -1.89. The van der Waals surface area contributed by atoms with Gasteiger partial charge in [0.15, 0.2) is 5.78 Å². The maximum atomic E-state index is 12.0. The van der Waals surface area contributed by atoms with Crippen molar-refractivity contribution in [2.45, 2.75) is 34.2 Å². The molecule has 0 aliphatic heterocycles. The van der Waals surface area contributed by atoms with Crippen molar-refractivity contribution in [1.29, 1.82) is 5.26 Å². The lowest BCUT2D eigenvalue weighted by Gasteiger charge is -2.15. The van der Waals surface area contributed by atoms with Crippen molar-refractivity contribution < 1.29 is 4.79 Å². The van der Waals surface area contributed by atoms with Gasteiger partial charge in [-0.25, -0.2) is 0 Å². The molecule has 0 unspecified atom stereocenters. The number of Topliss-reactive ketones (excluding diaryl/α,β-unsaturated/α-hetero) is 1. The molecule has 1 rings (SSSR count). The van der Waals surface area contributed by atoms with Crippen LogP contribution in [-0.2, 0) is 11.3 Å². The molecule has 1 aromatic heterocycles. The van der Waals surface area contributed by atoms with Gasteiger partial charge in [0.1, 0.15) is 6.07 Å². The van der Waals surface area contributed by atoms with Crippen LogP contribution < -0.4 is 0 Å². The number of hydrogen-bond acceptors (Lipinski definition) is 3. The summed E-state index contributed by atoms with van der Waals surface area (Å²) in [5.74, 6) is -0.149. The first-order valence-electron chi connectivity index (χ1n) is 5.57. The van der Waals surface area contributed by atoms with Crippen molar-refractivity contribution >= 4 is 11.9 Å². The normalized spacial score (nSPS) is 12.3. The molecule has 4 nitrogen and oxygen atoms in total. The Kier molecular flexibility index (Phi) is 3.84. The van der Waals surface area contributed by atoms with Gasteiger partial charge in [0.05, 0.1) is 11.8 Å². The lowest BCUT2D eigenvalue weighted by Crippen LogP contribution is -2.21. The predicted octanol–water partition coefficient (Wildman–Crippen LogP) is 2.43. The third-order valence-corrected chi connectivity index (χ3v) is 2.33. The van der Waals surface area contributed by atoms with Gasteiger partial charge in [0.2, 0.25) is 0 Å². The summed E-state index contributed by atoms with van der Waals surface area (Å²) >= 11 is 0. The van der Waals surface area contributed by atoms with Gasteiger partial charge in [0, 0.05) is 23.7 Å². The van der Waals surface area contributed by atoms with Gasteiger partial charge in [0.25, 0.3) is 0 Å². The average molecular weight is 231 g/mol. The largest absolute Gasteiger partial charge is 0.293 e. The first kappa shape index (κ1) is 13.2.